The summed E-state index contributed by atoms with van der Waals surface area (Å²) in [5.74, 6) is -0.447. The zero-order valence-corrected chi connectivity index (χ0v) is 24.7. The predicted molar refractivity (Wildman–Crippen MR) is 166 cm³/mol. The molecule has 1 N–H and O–H groups in total. The summed E-state index contributed by atoms with van der Waals surface area (Å²) in [4.78, 5) is 33.3. The van der Waals surface area contributed by atoms with E-state index in [2.05, 4.69) is 4.98 Å². The third kappa shape index (κ3) is 5.40. The van der Waals surface area contributed by atoms with Crippen LogP contribution in [0.4, 0.5) is 5.13 Å². The Balaban J connectivity index is 1.47. The minimum absolute atomic E-state index is 0.0795. The van der Waals surface area contributed by atoms with E-state index < -0.39 is 17.7 Å². The van der Waals surface area contributed by atoms with Crippen LogP contribution in [0.5, 0.6) is 17.2 Å². The van der Waals surface area contributed by atoms with E-state index in [4.69, 9.17) is 25.8 Å². The van der Waals surface area contributed by atoms with Gasteiger partial charge in [0.2, 0.25) is 0 Å². The Labute approximate surface area is 256 Å². The van der Waals surface area contributed by atoms with Gasteiger partial charge in [-0.05, 0) is 65.7 Å². The van der Waals surface area contributed by atoms with Crippen LogP contribution in [0.15, 0.2) is 96.6 Å². The highest BCUT2D eigenvalue weighted by molar-refractivity contribution is 7.22. The van der Waals surface area contributed by atoms with Crippen LogP contribution in [-0.4, -0.2) is 36.0 Å². The quantitative estimate of drug-likeness (QED) is 0.113. The highest BCUT2D eigenvalue weighted by atomic mass is 35.5. The number of nitrogens with zero attached hydrogens (tertiary/aromatic N) is 2. The van der Waals surface area contributed by atoms with Gasteiger partial charge in [-0.25, -0.2) is 4.98 Å². The summed E-state index contributed by atoms with van der Waals surface area (Å²) in [5.41, 5.74) is 2.41. The molecular weight excluding hydrogens is 588 g/mol. The first-order valence-electron chi connectivity index (χ1n) is 13.2. The monoisotopic (exact) mass is 612 g/mol. The number of Topliss-reactive ketones (excluding diaryl/α,β-unsaturated/α-hetero) is 1. The SMILES string of the molecule is COc1ccc2nc(N3C(=O)C(=O)C(=C(O)c4ccc(Cl)cc4)C3c3ccc(OCc4ccccc4)c(OC)c3)sc2c1. The van der Waals surface area contributed by atoms with Gasteiger partial charge in [0.05, 0.1) is 36.1 Å². The largest absolute Gasteiger partial charge is 0.507 e. The molecule has 1 aromatic heterocycles. The van der Waals surface area contributed by atoms with Gasteiger partial charge in [-0.1, -0.05) is 59.3 Å². The number of hydrogen-bond donors (Lipinski definition) is 1. The van der Waals surface area contributed by atoms with Crippen LogP contribution in [0.3, 0.4) is 0 Å². The third-order valence-electron chi connectivity index (χ3n) is 7.09. The van der Waals surface area contributed by atoms with Gasteiger partial charge in [-0.2, -0.15) is 0 Å². The van der Waals surface area contributed by atoms with Gasteiger partial charge in [0, 0.05) is 10.6 Å². The normalized spacial score (nSPS) is 16.1. The Hall–Kier alpha value is -4.86. The van der Waals surface area contributed by atoms with Crippen molar-refractivity contribution in [3.05, 3.63) is 118 Å². The van der Waals surface area contributed by atoms with Crippen LogP contribution in [0.25, 0.3) is 16.0 Å². The van der Waals surface area contributed by atoms with Crippen LogP contribution >= 0.6 is 22.9 Å². The summed E-state index contributed by atoms with van der Waals surface area (Å²) in [6.07, 6.45) is 0. The van der Waals surface area contributed by atoms with Crippen molar-refractivity contribution in [2.45, 2.75) is 12.6 Å². The predicted octanol–water partition coefficient (Wildman–Crippen LogP) is 7.17. The lowest BCUT2D eigenvalue weighted by Gasteiger charge is -2.24. The standard InChI is InChI=1S/C33H25ClN2O6S/c1-40-23-13-14-24-27(17-23)43-33(35-24)36-29(28(31(38)32(36)39)30(37)20-8-11-22(34)12-9-20)21-10-15-25(26(16-21)41-2)42-18-19-6-4-3-5-7-19/h3-17,29,37H,18H2,1-2H3. The second kappa shape index (κ2) is 11.8. The molecule has 1 atom stereocenters. The number of methoxy groups -OCH3 is 2. The topological polar surface area (TPSA) is 98.2 Å². The molecule has 6 rings (SSSR count). The van der Waals surface area contributed by atoms with Gasteiger partial charge in [-0.15, -0.1) is 0 Å². The Morgan fingerprint density at radius 2 is 1.70 bits per heavy atom. The number of hydrogen-bond acceptors (Lipinski definition) is 8. The molecule has 1 aliphatic heterocycles. The molecule has 1 aliphatic rings. The van der Waals surface area contributed by atoms with Crippen molar-refractivity contribution in [2.24, 2.45) is 0 Å². The first-order chi connectivity index (χ1) is 20.9. The highest BCUT2D eigenvalue weighted by Crippen LogP contribution is 2.46. The van der Waals surface area contributed by atoms with Crippen LogP contribution in [-0.2, 0) is 16.2 Å². The van der Waals surface area contributed by atoms with Crippen molar-refractivity contribution in [3.63, 3.8) is 0 Å². The van der Waals surface area contributed by atoms with E-state index in [1.54, 1.807) is 61.7 Å². The van der Waals surface area contributed by atoms with Crippen LogP contribution in [0.1, 0.15) is 22.7 Å². The molecule has 0 bridgehead atoms. The lowest BCUT2D eigenvalue weighted by Crippen LogP contribution is -2.29. The highest BCUT2D eigenvalue weighted by Gasteiger charge is 2.48. The molecule has 43 heavy (non-hydrogen) atoms. The number of carbonyl (C=O) groups excluding carboxylic acids is 2. The maximum Gasteiger partial charge on any atom is 0.301 e. The summed E-state index contributed by atoms with van der Waals surface area (Å²) in [6, 6.07) is 25.6. The number of carbonyl (C=O) groups is 2. The molecule has 5 aromatic rings. The summed E-state index contributed by atoms with van der Waals surface area (Å²) < 4.78 is 17.8. The van der Waals surface area contributed by atoms with E-state index in [0.717, 1.165) is 10.3 Å². The number of ketones is 1. The van der Waals surface area contributed by atoms with E-state index in [1.807, 2.05) is 36.4 Å². The average Bonchev–Trinajstić information content (AvgIpc) is 3.57. The summed E-state index contributed by atoms with van der Waals surface area (Å²) in [6.45, 7) is 0.320. The second-order valence-corrected chi connectivity index (χ2v) is 11.1. The van der Waals surface area contributed by atoms with E-state index in [9.17, 15) is 14.7 Å². The van der Waals surface area contributed by atoms with Gasteiger partial charge in [0.1, 0.15) is 18.1 Å². The smallest absolute Gasteiger partial charge is 0.301 e. The summed E-state index contributed by atoms with van der Waals surface area (Å²) in [7, 11) is 3.08. The molecule has 1 unspecified atom stereocenters. The number of aromatic nitrogens is 1. The van der Waals surface area contributed by atoms with Gasteiger partial charge in [-0.3, -0.25) is 14.5 Å². The van der Waals surface area contributed by atoms with Crippen LogP contribution < -0.4 is 19.1 Å². The first-order valence-corrected chi connectivity index (χ1v) is 14.4. The van der Waals surface area contributed by atoms with Gasteiger partial charge in [0.25, 0.3) is 5.78 Å². The fraction of sp³-hybridized carbons (Fsp3) is 0.121. The van der Waals surface area contributed by atoms with Gasteiger partial charge < -0.3 is 19.3 Å². The molecule has 0 aliphatic carbocycles. The van der Waals surface area contributed by atoms with E-state index in [1.165, 1.54) is 23.3 Å². The molecule has 216 valence electrons. The van der Waals surface area contributed by atoms with Crippen molar-refractivity contribution in [1.29, 1.82) is 0 Å². The zero-order valence-electron chi connectivity index (χ0n) is 23.1. The molecule has 0 radical (unpaired) electrons. The number of aliphatic hydroxyl groups is 1. The van der Waals surface area contributed by atoms with Gasteiger partial charge in [0.15, 0.2) is 16.6 Å². The Bertz CT molecular complexity index is 1870. The van der Waals surface area contributed by atoms with Crippen molar-refractivity contribution < 1.29 is 28.9 Å². The van der Waals surface area contributed by atoms with Crippen molar-refractivity contribution in [3.8, 4) is 17.2 Å². The number of ether oxygens (including phenoxy) is 3. The first kappa shape index (κ1) is 28.3. The molecular formula is C33H25ClN2O6S. The van der Waals surface area contributed by atoms with Crippen molar-refractivity contribution in [1.82, 2.24) is 4.98 Å². The average molecular weight is 613 g/mol. The molecule has 2 heterocycles. The maximum absolute atomic E-state index is 13.7. The Morgan fingerprint density at radius 3 is 2.42 bits per heavy atom. The van der Waals surface area contributed by atoms with Gasteiger partial charge >= 0.3 is 5.91 Å². The number of anilines is 1. The zero-order chi connectivity index (χ0) is 30.1. The summed E-state index contributed by atoms with van der Waals surface area (Å²) in [5, 5.41) is 12.2. The van der Waals surface area contributed by atoms with Crippen molar-refractivity contribution >= 4 is 55.7 Å². The molecule has 1 saturated heterocycles. The fourth-order valence-electron chi connectivity index (χ4n) is 4.94. The number of thiazole rings is 1. The van der Waals surface area contributed by atoms with Crippen LogP contribution in [0, 0.1) is 0 Å². The van der Waals surface area contributed by atoms with E-state index in [0.29, 0.717) is 50.7 Å². The molecule has 8 nitrogen and oxygen atoms in total. The number of benzene rings is 4. The molecule has 10 heteroatoms. The number of rotatable bonds is 8. The van der Waals surface area contributed by atoms with E-state index >= 15 is 0 Å². The minimum atomic E-state index is -1.00. The number of aliphatic hydroxyl groups excluding tert-OH is 1. The maximum atomic E-state index is 13.7. The number of fused-ring (bicyclic) bond motifs is 1. The molecule has 1 amide bonds. The molecule has 4 aromatic carbocycles. The van der Waals surface area contributed by atoms with Crippen molar-refractivity contribution in [2.75, 3.05) is 19.1 Å². The van der Waals surface area contributed by atoms with Crippen LogP contribution in [0.2, 0.25) is 5.02 Å². The molecule has 1 fully saturated rings. The minimum Gasteiger partial charge on any atom is -0.507 e. The Kier molecular flexibility index (Phi) is 7.75. The number of amides is 1. The lowest BCUT2D eigenvalue weighted by atomic mass is 9.95. The second-order valence-electron chi connectivity index (χ2n) is 9.69. The third-order valence-corrected chi connectivity index (χ3v) is 8.36. The fourth-order valence-corrected chi connectivity index (χ4v) is 6.09. The lowest BCUT2D eigenvalue weighted by molar-refractivity contribution is -0.132. The molecule has 0 spiro atoms. The molecule has 0 saturated carbocycles. The van der Waals surface area contributed by atoms with E-state index in [-0.39, 0.29) is 11.3 Å². The number of halogens is 1. The Morgan fingerprint density at radius 1 is 0.930 bits per heavy atom. The summed E-state index contributed by atoms with van der Waals surface area (Å²) >= 11 is 7.30.